The largest absolute Gasteiger partial charge is 0.497 e. The molecule has 0 amide bonds. The number of hydrogen-bond donors (Lipinski definition) is 3. The number of aromatic nitrogens is 1. The summed E-state index contributed by atoms with van der Waals surface area (Å²) >= 11 is 6.25. The van der Waals surface area contributed by atoms with Crippen LogP contribution in [0.1, 0.15) is 0 Å². The van der Waals surface area contributed by atoms with Gasteiger partial charge in [-0.15, -0.1) is 0 Å². The van der Waals surface area contributed by atoms with Crippen LogP contribution in [-0.4, -0.2) is 32.7 Å². The standard InChI is InChI=1S/C16H16N4O3S3/c1-17-15(24)18-10-3-6-12(7-4-10)26(21,22)20-16-19-13-8-5-11(23-2)9-14(13)25-16/h3-9H,1-2H3,(H,19,20)(H2,17,18,24). The Kier molecular flexibility index (Phi) is 5.25. The van der Waals surface area contributed by atoms with E-state index in [9.17, 15) is 8.42 Å². The molecule has 0 saturated heterocycles. The lowest BCUT2D eigenvalue weighted by Gasteiger charge is -2.08. The van der Waals surface area contributed by atoms with E-state index in [2.05, 4.69) is 20.3 Å². The van der Waals surface area contributed by atoms with Crippen molar-refractivity contribution in [1.29, 1.82) is 0 Å². The quantitative estimate of drug-likeness (QED) is 0.559. The van der Waals surface area contributed by atoms with Crippen LogP contribution in [0.5, 0.6) is 5.75 Å². The van der Waals surface area contributed by atoms with Gasteiger partial charge < -0.3 is 15.4 Å². The lowest BCUT2D eigenvalue weighted by Crippen LogP contribution is -2.24. The number of methoxy groups -OCH3 is 1. The Balaban J connectivity index is 1.81. The first kappa shape index (κ1) is 18.4. The molecule has 0 atom stereocenters. The minimum atomic E-state index is -3.74. The van der Waals surface area contributed by atoms with Crippen molar-refractivity contribution in [2.75, 3.05) is 24.2 Å². The number of hydrogen-bond acceptors (Lipinski definition) is 6. The minimum absolute atomic E-state index is 0.135. The molecule has 1 heterocycles. The van der Waals surface area contributed by atoms with Gasteiger partial charge in [-0.2, -0.15) is 0 Å². The molecule has 0 aliphatic rings. The maximum Gasteiger partial charge on any atom is 0.263 e. The fourth-order valence-electron chi connectivity index (χ4n) is 2.16. The first-order valence-corrected chi connectivity index (χ1v) is 10.2. The summed E-state index contributed by atoms with van der Waals surface area (Å²) in [5, 5.41) is 6.46. The Labute approximate surface area is 160 Å². The molecule has 26 heavy (non-hydrogen) atoms. The minimum Gasteiger partial charge on any atom is -0.497 e. The van der Waals surface area contributed by atoms with Crippen LogP contribution in [0.15, 0.2) is 47.4 Å². The molecule has 136 valence electrons. The van der Waals surface area contributed by atoms with Gasteiger partial charge in [-0.1, -0.05) is 11.3 Å². The van der Waals surface area contributed by atoms with Gasteiger partial charge in [0.2, 0.25) is 0 Å². The van der Waals surface area contributed by atoms with Crippen molar-refractivity contribution in [3.8, 4) is 5.75 Å². The average Bonchev–Trinajstić information content (AvgIpc) is 3.02. The smallest absolute Gasteiger partial charge is 0.263 e. The SMILES string of the molecule is CNC(=S)Nc1ccc(S(=O)(=O)Nc2nc3ccc(OC)cc3s2)cc1. The zero-order chi connectivity index (χ0) is 18.7. The molecule has 3 rings (SSSR count). The number of ether oxygens (including phenoxy) is 1. The number of sulfonamides is 1. The Morgan fingerprint density at radius 3 is 2.58 bits per heavy atom. The van der Waals surface area contributed by atoms with Crippen LogP contribution in [0.4, 0.5) is 10.8 Å². The van der Waals surface area contributed by atoms with Crippen molar-refractivity contribution >= 4 is 59.7 Å². The fraction of sp³-hybridized carbons (Fsp3) is 0.125. The molecule has 3 N–H and O–H groups in total. The van der Waals surface area contributed by atoms with E-state index in [1.54, 1.807) is 38.4 Å². The molecule has 7 nitrogen and oxygen atoms in total. The average molecular weight is 409 g/mol. The van der Waals surface area contributed by atoms with Crippen LogP contribution < -0.4 is 20.1 Å². The Hall–Kier alpha value is -2.43. The zero-order valence-electron chi connectivity index (χ0n) is 13.9. The van der Waals surface area contributed by atoms with Crippen LogP contribution in [0.25, 0.3) is 10.2 Å². The first-order valence-electron chi connectivity index (χ1n) is 7.47. The number of fused-ring (bicyclic) bond motifs is 1. The Bertz CT molecular complexity index is 1050. The molecule has 0 unspecified atom stereocenters. The van der Waals surface area contributed by atoms with Gasteiger partial charge in [0, 0.05) is 12.7 Å². The van der Waals surface area contributed by atoms with Gasteiger partial charge in [0.25, 0.3) is 10.0 Å². The van der Waals surface area contributed by atoms with Crippen LogP contribution >= 0.6 is 23.6 Å². The van der Waals surface area contributed by atoms with Crippen molar-refractivity contribution in [2.45, 2.75) is 4.90 Å². The highest BCUT2D eigenvalue weighted by molar-refractivity contribution is 7.93. The molecule has 2 aromatic carbocycles. The summed E-state index contributed by atoms with van der Waals surface area (Å²) < 4.78 is 33.6. The summed E-state index contributed by atoms with van der Waals surface area (Å²) in [6.45, 7) is 0. The molecule has 10 heteroatoms. The van der Waals surface area contributed by atoms with Gasteiger partial charge in [-0.3, -0.25) is 4.72 Å². The number of benzene rings is 2. The summed E-state index contributed by atoms with van der Waals surface area (Å²) in [4.78, 5) is 4.44. The van der Waals surface area contributed by atoms with E-state index in [-0.39, 0.29) is 4.90 Å². The van der Waals surface area contributed by atoms with Gasteiger partial charge in [0.15, 0.2) is 10.2 Å². The Morgan fingerprint density at radius 1 is 1.19 bits per heavy atom. The van der Waals surface area contributed by atoms with Crippen LogP contribution in [0.3, 0.4) is 0 Å². The molecule has 0 bridgehead atoms. The summed E-state index contributed by atoms with van der Waals surface area (Å²) in [7, 11) is -0.460. The maximum absolute atomic E-state index is 12.6. The highest BCUT2D eigenvalue weighted by atomic mass is 32.2. The zero-order valence-corrected chi connectivity index (χ0v) is 16.4. The molecule has 0 saturated carbocycles. The second kappa shape index (κ2) is 7.44. The van der Waals surface area contributed by atoms with E-state index in [1.807, 2.05) is 6.07 Å². The van der Waals surface area contributed by atoms with E-state index in [4.69, 9.17) is 17.0 Å². The first-order chi connectivity index (χ1) is 12.4. The molecule has 0 aliphatic carbocycles. The lowest BCUT2D eigenvalue weighted by molar-refractivity contribution is 0.415. The number of nitrogens with one attached hydrogen (secondary N) is 3. The van der Waals surface area contributed by atoms with Gasteiger partial charge in [0.1, 0.15) is 5.75 Å². The molecule has 0 radical (unpaired) electrons. The number of rotatable bonds is 5. The summed E-state index contributed by atoms with van der Waals surface area (Å²) in [5.41, 5.74) is 1.39. The monoisotopic (exact) mass is 408 g/mol. The fourth-order valence-corrected chi connectivity index (χ4v) is 4.41. The number of anilines is 2. The number of nitrogens with zero attached hydrogens (tertiary/aromatic N) is 1. The van der Waals surface area contributed by atoms with Gasteiger partial charge >= 0.3 is 0 Å². The van der Waals surface area contributed by atoms with E-state index >= 15 is 0 Å². The van der Waals surface area contributed by atoms with Crippen LogP contribution in [-0.2, 0) is 10.0 Å². The van der Waals surface area contributed by atoms with E-state index < -0.39 is 10.0 Å². The van der Waals surface area contributed by atoms with Crippen LogP contribution in [0, 0.1) is 0 Å². The third-order valence-corrected chi connectivity index (χ3v) is 6.19. The normalized spacial score (nSPS) is 11.2. The number of thiocarbonyl (C=S) groups is 1. The summed E-state index contributed by atoms with van der Waals surface area (Å²) in [5.74, 6) is 0.693. The topological polar surface area (TPSA) is 92.3 Å². The highest BCUT2D eigenvalue weighted by Crippen LogP contribution is 2.30. The van der Waals surface area contributed by atoms with Crippen molar-refractivity contribution < 1.29 is 13.2 Å². The van der Waals surface area contributed by atoms with Crippen LogP contribution in [0.2, 0.25) is 0 Å². The molecular weight excluding hydrogens is 392 g/mol. The van der Waals surface area contributed by atoms with Crippen molar-refractivity contribution in [3.63, 3.8) is 0 Å². The highest BCUT2D eigenvalue weighted by Gasteiger charge is 2.17. The molecule has 1 aromatic heterocycles. The van der Waals surface area contributed by atoms with Crippen molar-refractivity contribution in [2.24, 2.45) is 0 Å². The second-order valence-corrected chi connectivity index (χ2v) is 8.31. The Morgan fingerprint density at radius 2 is 1.92 bits per heavy atom. The third-order valence-electron chi connectivity index (χ3n) is 3.47. The van der Waals surface area contributed by atoms with E-state index in [0.717, 1.165) is 4.70 Å². The molecule has 0 fully saturated rings. The maximum atomic E-state index is 12.6. The van der Waals surface area contributed by atoms with Gasteiger partial charge in [0.05, 0.1) is 22.2 Å². The number of thiazole rings is 1. The van der Waals surface area contributed by atoms with Gasteiger partial charge in [-0.25, -0.2) is 13.4 Å². The van der Waals surface area contributed by atoms with E-state index in [1.165, 1.54) is 23.5 Å². The van der Waals surface area contributed by atoms with Crippen molar-refractivity contribution in [3.05, 3.63) is 42.5 Å². The second-order valence-electron chi connectivity index (χ2n) is 5.19. The third kappa shape index (κ3) is 4.03. The van der Waals surface area contributed by atoms with Crippen molar-refractivity contribution in [1.82, 2.24) is 10.3 Å². The predicted octanol–water partition coefficient (Wildman–Crippen LogP) is 3.02. The molecule has 0 aliphatic heterocycles. The van der Waals surface area contributed by atoms with E-state index in [0.29, 0.717) is 27.2 Å². The molecule has 0 spiro atoms. The molecular formula is C16H16N4O3S3. The summed E-state index contributed by atoms with van der Waals surface area (Å²) in [6.07, 6.45) is 0. The van der Waals surface area contributed by atoms with Gasteiger partial charge in [-0.05, 0) is 54.7 Å². The lowest BCUT2D eigenvalue weighted by atomic mass is 10.3. The molecule has 3 aromatic rings. The predicted molar refractivity (Wildman–Crippen MR) is 109 cm³/mol. The summed E-state index contributed by atoms with van der Waals surface area (Å²) in [6, 6.07) is 11.7.